The number of pyridine rings is 1. The van der Waals surface area contributed by atoms with Gasteiger partial charge in [0.2, 0.25) is 0 Å². The average Bonchev–Trinajstić information content (AvgIpc) is 3.08. The number of ether oxygens (including phenoxy) is 2. The van der Waals surface area contributed by atoms with Crippen molar-refractivity contribution in [2.75, 3.05) is 45.9 Å². The Kier molecular flexibility index (Phi) is 7.17. The fourth-order valence-corrected chi connectivity index (χ4v) is 5.35. The molecule has 0 saturated carbocycles. The first-order valence-corrected chi connectivity index (χ1v) is 12.9. The minimum absolute atomic E-state index is 0.640. The molecule has 7 heteroatoms. The summed E-state index contributed by atoms with van der Waals surface area (Å²) >= 11 is 0. The van der Waals surface area contributed by atoms with E-state index < -0.39 is 0 Å². The zero-order valence-corrected chi connectivity index (χ0v) is 22.8. The molecule has 0 bridgehead atoms. The van der Waals surface area contributed by atoms with E-state index in [1.807, 2.05) is 6.92 Å². The molecule has 0 amide bonds. The van der Waals surface area contributed by atoms with Crippen molar-refractivity contribution in [1.29, 1.82) is 0 Å². The standard InChI is InChI=1S/C30H37N5O2/c1-19-13-23(22-7-8-27-28(15-22)33-21(3)32-27)14-24-17-35(10-12-37-30(19)24)29-16-25(18-34(4)5)31-20(2)26(29)9-11-36-6/h7-8,13-16H,9-12,17-18H2,1-6H3,(H,32,33). The van der Waals surface area contributed by atoms with Gasteiger partial charge in [-0.2, -0.15) is 0 Å². The maximum atomic E-state index is 6.34. The smallest absolute Gasteiger partial charge is 0.127 e. The van der Waals surface area contributed by atoms with Crippen LogP contribution in [0.5, 0.6) is 5.75 Å². The molecule has 2 aromatic heterocycles. The zero-order valence-electron chi connectivity index (χ0n) is 22.8. The molecule has 0 spiro atoms. The molecular weight excluding hydrogens is 462 g/mol. The number of aromatic nitrogens is 3. The van der Waals surface area contributed by atoms with Gasteiger partial charge in [-0.15, -0.1) is 0 Å². The molecule has 0 aliphatic carbocycles. The topological polar surface area (TPSA) is 66.5 Å². The minimum atomic E-state index is 0.640. The van der Waals surface area contributed by atoms with Crippen LogP contribution in [-0.4, -0.2) is 60.8 Å². The molecule has 3 heterocycles. The normalized spacial score (nSPS) is 13.6. The molecule has 0 saturated heterocycles. The summed E-state index contributed by atoms with van der Waals surface area (Å²) in [5.74, 6) is 1.93. The van der Waals surface area contributed by atoms with Gasteiger partial charge in [0, 0.05) is 37.1 Å². The van der Waals surface area contributed by atoms with E-state index in [1.54, 1.807) is 7.11 Å². The van der Waals surface area contributed by atoms with Crippen molar-refractivity contribution in [2.24, 2.45) is 0 Å². The average molecular weight is 500 g/mol. The fourth-order valence-electron chi connectivity index (χ4n) is 5.35. The molecule has 37 heavy (non-hydrogen) atoms. The van der Waals surface area contributed by atoms with Gasteiger partial charge in [0.05, 0.1) is 29.9 Å². The molecule has 1 N–H and O–H groups in total. The number of imidazole rings is 1. The van der Waals surface area contributed by atoms with Gasteiger partial charge >= 0.3 is 0 Å². The number of benzene rings is 2. The van der Waals surface area contributed by atoms with Crippen LogP contribution in [0.25, 0.3) is 22.2 Å². The lowest BCUT2D eigenvalue weighted by molar-refractivity contribution is 0.202. The number of nitrogens with zero attached hydrogens (tertiary/aromatic N) is 4. The second-order valence-corrected chi connectivity index (χ2v) is 10.3. The second kappa shape index (κ2) is 10.5. The van der Waals surface area contributed by atoms with Gasteiger partial charge in [-0.25, -0.2) is 4.98 Å². The molecule has 0 unspecified atom stereocenters. The highest BCUT2D eigenvalue weighted by molar-refractivity contribution is 5.82. The molecule has 0 radical (unpaired) electrons. The predicted octanol–water partition coefficient (Wildman–Crippen LogP) is 5.20. The molecular formula is C30H37N5O2. The van der Waals surface area contributed by atoms with E-state index in [0.717, 1.165) is 65.6 Å². The Hall–Kier alpha value is -3.42. The third kappa shape index (κ3) is 5.33. The van der Waals surface area contributed by atoms with E-state index in [9.17, 15) is 0 Å². The van der Waals surface area contributed by atoms with Crippen molar-refractivity contribution < 1.29 is 9.47 Å². The van der Waals surface area contributed by atoms with Gasteiger partial charge in [0.25, 0.3) is 0 Å². The summed E-state index contributed by atoms with van der Waals surface area (Å²) < 4.78 is 11.8. The number of aromatic amines is 1. The van der Waals surface area contributed by atoms with E-state index in [1.165, 1.54) is 27.9 Å². The molecule has 194 valence electrons. The summed E-state index contributed by atoms with van der Waals surface area (Å²) in [5.41, 5.74) is 11.4. The molecule has 5 rings (SSSR count). The summed E-state index contributed by atoms with van der Waals surface area (Å²) in [6, 6.07) is 13.2. The molecule has 1 aliphatic rings. The van der Waals surface area contributed by atoms with Crippen LogP contribution in [0.1, 0.15) is 33.9 Å². The maximum Gasteiger partial charge on any atom is 0.127 e. The lowest BCUT2D eigenvalue weighted by atomic mass is 9.98. The summed E-state index contributed by atoms with van der Waals surface area (Å²) in [6.45, 7) is 9.96. The number of fused-ring (bicyclic) bond motifs is 2. The van der Waals surface area contributed by atoms with Gasteiger partial charge in [-0.05, 0) is 93.9 Å². The molecule has 0 atom stereocenters. The van der Waals surface area contributed by atoms with Crippen LogP contribution in [0.3, 0.4) is 0 Å². The van der Waals surface area contributed by atoms with Crippen molar-refractivity contribution in [3.63, 3.8) is 0 Å². The number of hydrogen-bond acceptors (Lipinski definition) is 6. The fraction of sp³-hybridized carbons (Fsp3) is 0.400. The highest BCUT2D eigenvalue weighted by atomic mass is 16.5. The largest absolute Gasteiger partial charge is 0.491 e. The monoisotopic (exact) mass is 499 g/mol. The summed E-state index contributed by atoms with van der Waals surface area (Å²) in [7, 11) is 5.92. The van der Waals surface area contributed by atoms with Crippen LogP contribution in [-0.2, 0) is 24.2 Å². The van der Waals surface area contributed by atoms with Crippen molar-refractivity contribution in [2.45, 2.75) is 40.3 Å². The van der Waals surface area contributed by atoms with Crippen LogP contribution in [0.15, 0.2) is 36.4 Å². The van der Waals surface area contributed by atoms with Crippen LogP contribution >= 0.6 is 0 Å². The zero-order chi connectivity index (χ0) is 26.1. The number of aryl methyl sites for hydroxylation is 3. The number of hydrogen-bond donors (Lipinski definition) is 1. The Morgan fingerprint density at radius 1 is 1.05 bits per heavy atom. The SMILES string of the molecule is COCCc1c(N2CCOc3c(C)cc(-c4ccc5nc(C)[nH]c5c4)cc3C2)cc(CN(C)C)nc1C. The Labute approximate surface area is 219 Å². The summed E-state index contributed by atoms with van der Waals surface area (Å²) in [5, 5.41) is 0. The Morgan fingerprint density at radius 2 is 1.89 bits per heavy atom. The Balaban J connectivity index is 1.55. The third-order valence-corrected chi connectivity index (χ3v) is 6.99. The van der Waals surface area contributed by atoms with Gasteiger partial charge in [-0.3, -0.25) is 4.98 Å². The van der Waals surface area contributed by atoms with Crippen LogP contribution < -0.4 is 9.64 Å². The number of anilines is 1. The van der Waals surface area contributed by atoms with Crippen molar-refractivity contribution in [3.05, 3.63) is 70.3 Å². The van der Waals surface area contributed by atoms with E-state index in [-0.39, 0.29) is 0 Å². The first-order valence-electron chi connectivity index (χ1n) is 12.9. The number of nitrogens with one attached hydrogen (secondary N) is 1. The molecule has 4 aromatic rings. The highest BCUT2D eigenvalue weighted by Gasteiger charge is 2.22. The van der Waals surface area contributed by atoms with Gasteiger partial charge in [0.15, 0.2) is 0 Å². The molecule has 2 aromatic carbocycles. The quantitative estimate of drug-likeness (QED) is 0.377. The molecule has 1 aliphatic heterocycles. The lowest BCUT2D eigenvalue weighted by Crippen LogP contribution is -2.27. The van der Waals surface area contributed by atoms with E-state index >= 15 is 0 Å². The predicted molar refractivity (Wildman–Crippen MR) is 149 cm³/mol. The minimum Gasteiger partial charge on any atom is -0.491 e. The van der Waals surface area contributed by atoms with E-state index in [4.69, 9.17) is 14.5 Å². The Bertz CT molecular complexity index is 1430. The van der Waals surface area contributed by atoms with Gasteiger partial charge in [-0.1, -0.05) is 6.07 Å². The number of H-pyrrole nitrogens is 1. The Morgan fingerprint density at radius 3 is 2.68 bits per heavy atom. The van der Waals surface area contributed by atoms with Crippen molar-refractivity contribution >= 4 is 16.7 Å². The van der Waals surface area contributed by atoms with Crippen LogP contribution in [0.2, 0.25) is 0 Å². The van der Waals surface area contributed by atoms with Crippen molar-refractivity contribution in [3.8, 4) is 16.9 Å². The van der Waals surface area contributed by atoms with Crippen molar-refractivity contribution in [1.82, 2.24) is 19.9 Å². The van der Waals surface area contributed by atoms with E-state index in [2.05, 4.69) is 84.1 Å². The molecule has 0 fully saturated rings. The van der Waals surface area contributed by atoms with Gasteiger partial charge < -0.3 is 24.3 Å². The first kappa shape index (κ1) is 25.2. The van der Waals surface area contributed by atoms with Gasteiger partial charge in [0.1, 0.15) is 18.2 Å². The summed E-state index contributed by atoms with van der Waals surface area (Å²) in [4.78, 5) is 17.5. The van der Waals surface area contributed by atoms with E-state index in [0.29, 0.717) is 13.2 Å². The van der Waals surface area contributed by atoms with Crippen LogP contribution in [0, 0.1) is 20.8 Å². The lowest BCUT2D eigenvalue weighted by Gasteiger charge is -2.27. The first-order chi connectivity index (χ1) is 17.8. The second-order valence-electron chi connectivity index (χ2n) is 10.3. The number of rotatable bonds is 7. The van der Waals surface area contributed by atoms with Crippen LogP contribution in [0.4, 0.5) is 5.69 Å². The maximum absolute atomic E-state index is 6.34. The number of methoxy groups -OCH3 is 1. The third-order valence-electron chi connectivity index (χ3n) is 6.99. The summed E-state index contributed by atoms with van der Waals surface area (Å²) in [6.07, 6.45) is 0.833. The molecule has 7 nitrogen and oxygen atoms in total. The highest BCUT2D eigenvalue weighted by Crippen LogP contribution is 2.36.